The zero-order valence-electron chi connectivity index (χ0n) is 8.63. The third kappa shape index (κ3) is 2.41. The highest BCUT2D eigenvalue weighted by atomic mass is 35.5. The van der Waals surface area contributed by atoms with Gasteiger partial charge in [-0.3, -0.25) is 0 Å². The third-order valence-corrected chi connectivity index (χ3v) is 2.71. The first-order chi connectivity index (χ1) is 6.83. The van der Waals surface area contributed by atoms with Crippen LogP contribution in [0.15, 0.2) is 18.2 Å². The summed E-state index contributed by atoms with van der Waals surface area (Å²) in [5, 5.41) is 3.23. The van der Waals surface area contributed by atoms with Crippen molar-refractivity contribution in [3.05, 3.63) is 29.6 Å². The minimum atomic E-state index is -0.205. The lowest BCUT2D eigenvalue weighted by Gasteiger charge is -2.11. The first kappa shape index (κ1) is 12.3. The molecule has 15 heavy (non-hydrogen) atoms. The van der Waals surface area contributed by atoms with E-state index in [9.17, 15) is 4.39 Å². The highest BCUT2D eigenvalue weighted by Gasteiger charge is 2.21. The minimum absolute atomic E-state index is 0. The van der Waals surface area contributed by atoms with E-state index < -0.39 is 0 Å². The van der Waals surface area contributed by atoms with E-state index in [4.69, 9.17) is 4.74 Å². The maximum atomic E-state index is 13.8. The van der Waals surface area contributed by atoms with E-state index in [2.05, 4.69) is 5.32 Å². The smallest absolute Gasteiger partial charge is 0.168 e. The van der Waals surface area contributed by atoms with Gasteiger partial charge < -0.3 is 10.1 Å². The van der Waals surface area contributed by atoms with E-state index >= 15 is 0 Å². The summed E-state index contributed by atoms with van der Waals surface area (Å²) in [5.41, 5.74) is 0.773. The first-order valence-electron chi connectivity index (χ1n) is 4.86. The van der Waals surface area contributed by atoms with Crippen LogP contribution in [0.2, 0.25) is 0 Å². The SMILES string of the molecule is COc1cccc(C2CCNC2)c1F.Cl. The monoisotopic (exact) mass is 231 g/mol. The molecule has 0 bridgehead atoms. The molecule has 0 spiro atoms. The molecule has 2 nitrogen and oxygen atoms in total. The van der Waals surface area contributed by atoms with Gasteiger partial charge in [0.1, 0.15) is 0 Å². The first-order valence-corrected chi connectivity index (χ1v) is 4.86. The van der Waals surface area contributed by atoms with Crippen LogP contribution in [-0.2, 0) is 0 Å². The van der Waals surface area contributed by atoms with E-state index in [0.29, 0.717) is 11.7 Å². The summed E-state index contributed by atoms with van der Waals surface area (Å²) >= 11 is 0. The molecule has 1 saturated heterocycles. The van der Waals surface area contributed by atoms with Crippen LogP contribution in [0.3, 0.4) is 0 Å². The van der Waals surface area contributed by atoms with Gasteiger partial charge in [0, 0.05) is 12.5 Å². The number of methoxy groups -OCH3 is 1. The van der Waals surface area contributed by atoms with Gasteiger partial charge in [-0.25, -0.2) is 4.39 Å². The molecule has 0 saturated carbocycles. The van der Waals surface area contributed by atoms with Crippen molar-refractivity contribution in [3.8, 4) is 5.75 Å². The average Bonchev–Trinajstić information content (AvgIpc) is 2.71. The molecular formula is C11H15ClFNO. The molecule has 0 radical (unpaired) electrons. The van der Waals surface area contributed by atoms with Crippen molar-refractivity contribution in [2.45, 2.75) is 12.3 Å². The van der Waals surface area contributed by atoms with Crippen LogP contribution in [0.1, 0.15) is 17.9 Å². The standard InChI is InChI=1S/C11H14FNO.ClH/c1-14-10-4-2-3-9(11(10)12)8-5-6-13-7-8;/h2-4,8,13H,5-7H2,1H3;1H. The topological polar surface area (TPSA) is 21.3 Å². The fraction of sp³-hybridized carbons (Fsp3) is 0.455. The third-order valence-electron chi connectivity index (χ3n) is 2.71. The molecule has 1 aliphatic rings. The summed E-state index contributed by atoms with van der Waals surface area (Å²) in [4.78, 5) is 0. The second-order valence-corrected chi connectivity index (χ2v) is 3.55. The Bertz CT molecular complexity index is 326. The van der Waals surface area contributed by atoms with E-state index in [1.807, 2.05) is 12.1 Å². The summed E-state index contributed by atoms with van der Waals surface area (Å²) in [6.07, 6.45) is 1.00. The molecule has 84 valence electrons. The number of halogens is 2. The Morgan fingerprint density at radius 3 is 2.87 bits per heavy atom. The summed E-state index contributed by atoms with van der Waals surface area (Å²) in [6, 6.07) is 5.34. The Hall–Kier alpha value is -0.800. The van der Waals surface area contributed by atoms with Crippen LogP contribution in [0.5, 0.6) is 5.75 Å². The highest BCUT2D eigenvalue weighted by molar-refractivity contribution is 5.85. The molecular weight excluding hydrogens is 217 g/mol. The van der Waals surface area contributed by atoms with Crippen molar-refractivity contribution < 1.29 is 9.13 Å². The maximum Gasteiger partial charge on any atom is 0.168 e. The number of benzene rings is 1. The number of ether oxygens (including phenoxy) is 1. The molecule has 2 rings (SSSR count). The molecule has 1 aliphatic heterocycles. The Kier molecular flexibility index (Phi) is 4.36. The van der Waals surface area contributed by atoms with Crippen LogP contribution in [-0.4, -0.2) is 20.2 Å². The minimum Gasteiger partial charge on any atom is -0.494 e. The van der Waals surface area contributed by atoms with Gasteiger partial charge in [0.15, 0.2) is 11.6 Å². The molecule has 1 atom stereocenters. The lowest BCUT2D eigenvalue weighted by molar-refractivity contribution is 0.382. The Morgan fingerprint density at radius 2 is 2.27 bits per heavy atom. The number of rotatable bonds is 2. The Labute approximate surface area is 95.2 Å². The normalized spacial score (nSPS) is 19.7. The molecule has 0 aromatic heterocycles. The van der Waals surface area contributed by atoms with Crippen molar-refractivity contribution in [1.29, 1.82) is 0 Å². The summed E-state index contributed by atoms with van der Waals surface area (Å²) in [5.74, 6) is 0.434. The molecule has 1 fully saturated rings. The number of hydrogen-bond donors (Lipinski definition) is 1. The van der Waals surface area contributed by atoms with E-state index in [1.165, 1.54) is 7.11 Å². The van der Waals surface area contributed by atoms with E-state index in [0.717, 1.165) is 25.1 Å². The van der Waals surface area contributed by atoms with Gasteiger partial charge in [-0.1, -0.05) is 12.1 Å². The van der Waals surface area contributed by atoms with Crippen molar-refractivity contribution in [1.82, 2.24) is 5.32 Å². The number of nitrogens with one attached hydrogen (secondary N) is 1. The fourth-order valence-electron chi connectivity index (χ4n) is 1.92. The average molecular weight is 232 g/mol. The molecule has 0 amide bonds. The second-order valence-electron chi connectivity index (χ2n) is 3.55. The quantitative estimate of drug-likeness (QED) is 0.844. The van der Waals surface area contributed by atoms with Crippen LogP contribution in [0.4, 0.5) is 4.39 Å². The zero-order valence-corrected chi connectivity index (χ0v) is 9.44. The fourth-order valence-corrected chi connectivity index (χ4v) is 1.92. The highest BCUT2D eigenvalue weighted by Crippen LogP contribution is 2.29. The Balaban J connectivity index is 0.00000112. The van der Waals surface area contributed by atoms with Crippen LogP contribution in [0, 0.1) is 5.82 Å². The lowest BCUT2D eigenvalue weighted by atomic mass is 9.97. The van der Waals surface area contributed by atoms with Gasteiger partial charge in [-0.15, -0.1) is 12.4 Å². The van der Waals surface area contributed by atoms with E-state index in [1.54, 1.807) is 6.07 Å². The molecule has 4 heteroatoms. The molecule has 1 heterocycles. The van der Waals surface area contributed by atoms with Crippen molar-refractivity contribution in [3.63, 3.8) is 0 Å². The second kappa shape index (κ2) is 5.33. The van der Waals surface area contributed by atoms with Gasteiger partial charge in [0.2, 0.25) is 0 Å². The van der Waals surface area contributed by atoms with Crippen LogP contribution >= 0.6 is 12.4 Å². The molecule has 0 aliphatic carbocycles. The summed E-state index contributed by atoms with van der Waals surface area (Å²) in [6.45, 7) is 1.84. The molecule has 1 aromatic carbocycles. The van der Waals surface area contributed by atoms with Gasteiger partial charge >= 0.3 is 0 Å². The summed E-state index contributed by atoms with van der Waals surface area (Å²) in [7, 11) is 1.50. The molecule has 1 aromatic rings. The molecule has 1 N–H and O–H groups in total. The number of hydrogen-bond acceptors (Lipinski definition) is 2. The summed E-state index contributed by atoms with van der Waals surface area (Å²) < 4.78 is 18.7. The maximum absolute atomic E-state index is 13.8. The molecule has 1 unspecified atom stereocenters. The van der Waals surface area contributed by atoms with Gasteiger partial charge in [0.25, 0.3) is 0 Å². The van der Waals surface area contributed by atoms with Crippen molar-refractivity contribution >= 4 is 12.4 Å². The lowest BCUT2D eigenvalue weighted by Crippen LogP contribution is -2.09. The van der Waals surface area contributed by atoms with Crippen LogP contribution < -0.4 is 10.1 Å². The predicted molar refractivity (Wildman–Crippen MR) is 60.4 cm³/mol. The van der Waals surface area contributed by atoms with Gasteiger partial charge in [-0.2, -0.15) is 0 Å². The van der Waals surface area contributed by atoms with Gasteiger partial charge in [-0.05, 0) is 24.6 Å². The van der Waals surface area contributed by atoms with Crippen molar-refractivity contribution in [2.75, 3.05) is 20.2 Å². The van der Waals surface area contributed by atoms with E-state index in [-0.39, 0.29) is 18.2 Å². The Morgan fingerprint density at radius 1 is 1.47 bits per heavy atom. The van der Waals surface area contributed by atoms with Crippen molar-refractivity contribution in [2.24, 2.45) is 0 Å². The largest absolute Gasteiger partial charge is 0.494 e. The van der Waals surface area contributed by atoms with Crippen LogP contribution in [0.25, 0.3) is 0 Å². The predicted octanol–water partition coefficient (Wildman–Crippen LogP) is 2.33. The van der Waals surface area contributed by atoms with Gasteiger partial charge in [0.05, 0.1) is 7.11 Å². The zero-order chi connectivity index (χ0) is 9.97.